The fourth-order valence-electron chi connectivity index (χ4n) is 2.99. The van der Waals surface area contributed by atoms with Gasteiger partial charge in [0.05, 0.1) is 42.0 Å². The highest BCUT2D eigenvalue weighted by Crippen LogP contribution is 2.18. The molecule has 0 spiro atoms. The van der Waals surface area contributed by atoms with E-state index in [0.717, 1.165) is 0 Å². The van der Waals surface area contributed by atoms with Crippen molar-refractivity contribution < 1.29 is 19.2 Å². The average molecular weight is 416 g/mol. The molecule has 0 unspecified atom stereocenters. The largest absolute Gasteiger partial charge is 0.861 e. The van der Waals surface area contributed by atoms with Gasteiger partial charge in [-0.05, 0) is 25.0 Å². The number of hydrogen-bond acceptors (Lipinski definition) is 9. The molecule has 1 aliphatic rings. The fraction of sp³-hybridized carbons (Fsp3) is 0.389. The SMILES string of the molecule is CCn1c(SC/C([O-])=N\c2c[n+](N3CCOCC3)no2)nc2ccccc2c1=O. The Morgan fingerprint density at radius 2 is 2.14 bits per heavy atom. The predicted octanol–water partition coefficient (Wildman–Crippen LogP) is -0.157. The molecule has 1 saturated heterocycles. The van der Waals surface area contributed by atoms with Crippen LogP contribution in [-0.4, -0.2) is 52.8 Å². The van der Waals surface area contributed by atoms with Crippen molar-refractivity contribution in [3.63, 3.8) is 0 Å². The summed E-state index contributed by atoms with van der Waals surface area (Å²) >= 11 is 1.18. The molecule has 0 bridgehead atoms. The number of ether oxygens (including phenoxy) is 1. The van der Waals surface area contributed by atoms with Crippen LogP contribution in [0.4, 0.5) is 5.88 Å². The van der Waals surface area contributed by atoms with Gasteiger partial charge >= 0.3 is 5.88 Å². The molecule has 10 nitrogen and oxygen atoms in total. The Balaban J connectivity index is 1.49. The normalized spacial score (nSPS) is 15.2. The van der Waals surface area contributed by atoms with Gasteiger partial charge in [0, 0.05) is 12.3 Å². The van der Waals surface area contributed by atoms with Crippen molar-refractivity contribution >= 4 is 34.4 Å². The zero-order valence-electron chi connectivity index (χ0n) is 15.9. The number of morpholine rings is 1. The van der Waals surface area contributed by atoms with Gasteiger partial charge in [-0.25, -0.2) is 9.98 Å². The molecule has 0 saturated carbocycles. The van der Waals surface area contributed by atoms with Crippen LogP contribution in [-0.2, 0) is 11.3 Å². The molecule has 0 amide bonds. The summed E-state index contributed by atoms with van der Waals surface area (Å²) < 4.78 is 12.0. The number of rotatable bonds is 6. The number of aromatic nitrogens is 4. The molecule has 1 aliphatic heterocycles. The molecular weight excluding hydrogens is 396 g/mol. The molecule has 3 heterocycles. The van der Waals surface area contributed by atoms with E-state index in [1.807, 2.05) is 18.0 Å². The minimum absolute atomic E-state index is 0.0308. The molecule has 0 atom stereocenters. The van der Waals surface area contributed by atoms with Crippen molar-refractivity contribution in [3.05, 3.63) is 40.8 Å². The van der Waals surface area contributed by atoms with Crippen LogP contribution in [0.1, 0.15) is 6.92 Å². The lowest BCUT2D eigenvalue weighted by Crippen LogP contribution is -2.62. The average Bonchev–Trinajstić information content (AvgIpc) is 3.21. The van der Waals surface area contributed by atoms with Gasteiger partial charge in [-0.1, -0.05) is 23.9 Å². The lowest BCUT2D eigenvalue weighted by atomic mass is 10.2. The van der Waals surface area contributed by atoms with Crippen LogP contribution in [0.2, 0.25) is 0 Å². The Morgan fingerprint density at radius 1 is 1.34 bits per heavy atom. The fourth-order valence-corrected chi connectivity index (χ4v) is 3.84. The van der Waals surface area contributed by atoms with Crippen molar-refractivity contribution in [1.82, 2.24) is 14.8 Å². The number of para-hydroxylation sites is 1. The van der Waals surface area contributed by atoms with E-state index in [4.69, 9.17) is 9.26 Å². The summed E-state index contributed by atoms with van der Waals surface area (Å²) in [6.07, 6.45) is 1.56. The van der Waals surface area contributed by atoms with Gasteiger partial charge in [-0.3, -0.25) is 13.9 Å². The van der Waals surface area contributed by atoms with Gasteiger partial charge in [-0.2, -0.15) is 0 Å². The van der Waals surface area contributed by atoms with Crippen LogP contribution in [0.5, 0.6) is 0 Å². The van der Waals surface area contributed by atoms with Crippen LogP contribution in [0.15, 0.2) is 49.9 Å². The first kappa shape index (κ1) is 19.4. The van der Waals surface area contributed by atoms with E-state index in [1.54, 1.807) is 29.0 Å². The summed E-state index contributed by atoms with van der Waals surface area (Å²) in [7, 11) is 0. The summed E-state index contributed by atoms with van der Waals surface area (Å²) in [5.74, 6) is -0.241. The van der Waals surface area contributed by atoms with Gasteiger partial charge in [-0.15, -0.1) is 5.01 Å². The van der Waals surface area contributed by atoms with Crippen molar-refractivity contribution in [2.75, 3.05) is 37.1 Å². The number of nitrogens with zero attached hydrogens (tertiary/aromatic N) is 6. The molecule has 2 aromatic heterocycles. The smallest absolute Gasteiger partial charge is 0.324 e. The minimum Gasteiger partial charge on any atom is -0.861 e. The first-order valence-corrected chi connectivity index (χ1v) is 10.2. The maximum Gasteiger partial charge on any atom is 0.324 e. The monoisotopic (exact) mass is 416 g/mol. The van der Waals surface area contributed by atoms with E-state index < -0.39 is 5.90 Å². The van der Waals surface area contributed by atoms with E-state index in [2.05, 4.69) is 15.2 Å². The van der Waals surface area contributed by atoms with Gasteiger partial charge in [0.1, 0.15) is 0 Å². The van der Waals surface area contributed by atoms with Crippen molar-refractivity contribution in [2.24, 2.45) is 4.99 Å². The van der Waals surface area contributed by atoms with Crippen molar-refractivity contribution in [2.45, 2.75) is 18.6 Å². The van der Waals surface area contributed by atoms with Crippen molar-refractivity contribution in [3.8, 4) is 0 Å². The maximum atomic E-state index is 12.6. The Morgan fingerprint density at radius 3 is 2.93 bits per heavy atom. The highest BCUT2D eigenvalue weighted by atomic mass is 32.2. The second-order valence-corrected chi connectivity index (χ2v) is 7.22. The molecule has 152 valence electrons. The number of fused-ring (bicyclic) bond motifs is 1. The van der Waals surface area contributed by atoms with E-state index in [0.29, 0.717) is 48.9 Å². The minimum atomic E-state index is -0.398. The summed E-state index contributed by atoms with van der Waals surface area (Å²) in [5.41, 5.74) is 0.489. The molecule has 1 fully saturated rings. The van der Waals surface area contributed by atoms with Crippen molar-refractivity contribution in [1.29, 1.82) is 0 Å². The zero-order chi connectivity index (χ0) is 20.2. The van der Waals surface area contributed by atoms with Gasteiger partial charge in [0.2, 0.25) is 5.27 Å². The Hall–Kier alpha value is -2.92. The Bertz CT molecular complexity index is 1090. The van der Waals surface area contributed by atoms with E-state index >= 15 is 0 Å². The molecule has 3 aromatic rings. The molecule has 11 heteroatoms. The summed E-state index contributed by atoms with van der Waals surface area (Å²) in [4.78, 5) is 22.6. The Kier molecular flexibility index (Phi) is 5.76. The summed E-state index contributed by atoms with van der Waals surface area (Å²) in [6, 6.07) is 7.17. The van der Waals surface area contributed by atoms with Crippen LogP contribution in [0, 0.1) is 0 Å². The van der Waals surface area contributed by atoms with E-state index in [9.17, 15) is 9.90 Å². The van der Waals surface area contributed by atoms with Crippen LogP contribution in [0.25, 0.3) is 10.9 Å². The number of benzene rings is 1. The molecule has 1 aromatic carbocycles. The molecule has 0 N–H and O–H groups in total. The van der Waals surface area contributed by atoms with Gasteiger partial charge in [0.15, 0.2) is 5.16 Å². The topological polar surface area (TPSA) is 113 Å². The van der Waals surface area contributed by atoms with Gasteiger partial charge in [0.25, 0.3) is 11.8 Å². The summed E-state index contributed by atoms with van der Waals surface area (Å²) in [5, 5.41) is 19.2. The number of hydrogen-bond donors (Lipinski definition) is 0. The summed E-state index contributed by atoms with van der Waals surface area (Å²) in [6.45, 7) is 4.92. The highest BCUT2D eigenvalue weighted by molar-refractivity contribution is 7.99. The highest BCUT2D eigenvalue weighted by Gasteiger charge is 2.22. The third-order valence-corrected chi connectivity index (χ3v) is 5.38. The quantitative estimate of drug-likeness (QED) is 0.179. The standard InChI is InChI=1S/C18H20N6O4S/c1-2-23-17(26)13-5-3-4-6-14(13)19-18(23)29-12-15(25)20-16-11-24(21-28-16)22-7-9-27-10-8-22/h3-6,11H,2,7-10,12H2,1H3. The van der Waals surface area contributed by atoms with Crippen LogP contribution < -0.4 is 20.5 Å². The molecule has 4 rings (SSSR count). The Labute approximate surface area is 170 Å². The van der Waals surface area contributed by atoms with Gasteiger partial charge < -0.3 is 9.84 Å². The first-order valence-electron chi connectivity index (χ1n) is 9.24. The lowest BCUT2D eigenvalue weighted by molar-refractivity contribution is -0.759. The second kappa shape index (κ2) is 8.62. The number of aliphatic imine (C=N–C) groups is 1. The first-order chi connectivity index (χ1) is 14.2. The molecule has 0 radical (unpaired) electrons. The number of thioether (sulfide) groups is 1. The molecule has 0 aliphatic carbocycles. The van der Waals surface area contributed by atoms with E-state index in [-0.39, 0.29) is 17.2 Å². The third-order valence-electron chi connectivity index (χ3n) is 4.42. The molecule has 29 heavy (non-hydrogen) atoms. The predicted molar refractivity (Wildman–Crippen MR) is 105 cm³/mol. The molecular formula is C18H20N6O4S. The third kappa shape index (κ3) is 4.25. The second-order valence-electron chi connectivity index (χ2n) is 6.28. The van der Waals surface area contributed by atoms with Crippen LogP contribution >= 0.6 is 11.8 Å². The van der Waals surface area contributed by atoms with E-state index in [1.165, 1.54) is 16.6 Å². The zero-order valence-corrected chi connectivity index (χ0v) is 16.7. The maximum absolute atomic E-state index is 12.6. The van der Waals surface area contributed by atoms with Crippen LogP contribution in [0.3, 0.4) is 0 Å². The lowest BCUT2D eigenvalue weighted by Gasteiger charge is -2.18.